The van der Waals surface area contributed by atoms with Crippen LogP contribution in [0.1, 0.15) is 63.1 Å². The summed E-state index contributed by atoms with van der Waals surface area (Å²) >= 11 is 0. The summed E-state index contributed by atoms with van der Waals surface area (Å²) in [5.74, 6) is -0.416. The first kappa shape index (κ1) is 24.5. The van der Waals surface area contributed by atoms with Crippen molar-refractivity contribution in [2.45, 2.75) is 52.0 Å². The van der Waals surface area contributed by atoms with Crippen LogP contribution in [0.3, 0.4) is 0 Å². The van der Waals surface area contributed by atoms with E-state index in [0.29, 0.717) is 29.1 Å². The molecule has 35 heavy (non-hydrogen) atoms. The second-order valence-electron chi connectivity index (χ2n) is 8.98. The third kappa shape index (κ3) is 5.39. The van der Waals surface area contributed by atoms with E-state index >= 15 is 0 Å². The molecule has 3 amide bonds. The third-order valence-corrected chi connectivity index (χ3v) is 6.53. The van der Waals surface area contributed by atoms with Crippen LogP contribution in [0.2, 0.25) is 0 Å². The normalized spacial score (nSPS) is 18.4. The minimum absolute atomic E-state index is 0.0209. The van der Waals surface area contributed by atoms with Crippen molar-refractivity contribution in [3.8, 4) is 0 Å². The van der Waals surface area contributed by atoms with Crippen molar-refractivity contribution in [1.82, 2.24) is 10.2 Å². The van der Waals surface area contributed by atoms with Crippen molar-refractivity contribution in [3.63, 3.8) is 0 Å². The average Bonchev–Trinajstić information content (AvgIpc) is 3.41. The maximum absolute atomic E-state index is 13.3. The lowest BCUT2D eigenvalue weighted by atomic mass is 9.91. The van der Waals surface area contributed by atoms with Crippen LogP contribution in [0.15, 0.2) is 60.2 Å². The highest BCUT2D eigenvalue weighted by Gasteiger charge is 2.38. The van der Waals surface area contributed by atoms with Crippen molar-refractivity contribution in [1.29, 1.82) is 0 Å². The van der Waals surface area contributed by atoms with Gasteiger partial charge < -0.3 is 15.4 Å². The Morgan fingerprint density at radius 3 is 2.49 bits per heavy atom. The van der Waals surface area contributed by atoms with Gasteiger partial charge >= 0.3 is 12.0 Å². The molecule has 1 unspecified atom stereocenters. The van der Waals surface area contributed by atoms with Crippen LogP contribution in [0.4, 0.5) is 10.5 Å². The lowest BCUT2D eigenvalue weighted by molar-refractivity contribution is -0.139. The Balaban J connectivity index is 1.78. The zero-order valence-electron chi connectivity index (χ0n) is 20.4. The van der Waals surface area contributed by atoms with Crippen molar-refractivity contribution < 1.29 is 19.1 Å². The highest BCUT2D eigenvalue weighted by atomic mass is 16.5. The molecule has 0 aromatic heterocycles. The average molecular weight is 476 g/mol. The van der Waals surface area contributed by atoms with Crippen LogP contribution < -0.4 is 10.6 Å². The van der Waals surface area contributed by atoms with Crippen molar-refractivity contribution in [2.75, 3.05) is 18.5 Å². The van der Waals surface area contributed by atoms with Crippen LogP contribution in [0, 0.1) is 5.92 Å². The van der Waals surface area contributed by atoms with Crippen LogP contribution >= 0.6 is 0 Å². The van der Waals surface area contributed by atoms with Gasteiger partial charge in [-0.25, -0.2) is 9.59 Å². The number of esters is 1. The monoisotopic (exact) mass is 475 g/mol. The summed E-state index contributed by atoms with van der Waals surface area (Å²) in [6.07, 6.45) is 4.71. The van der Waals surface area contributed by atoms with Gasteiger partial charge in [-0.1, -0.05) is 62.2 Å². The van der Waals surface area contributed by atoms with Gasteiger partial charge in [-0.05, 0) is 49.4 Å². The van der Waals surface area contributed by atoms with Gasteiger partial charge in [0.15, 0.2) is 0 Å². The molecule has 1 fully saturated rings. The smallest absolute Gasteiger partial charge is 0.338 e. The Labute approximate surface area is 206 Å². The van der Waals surface area contributed by atoms with Gasteiger partial charge in [-0.3, -0.25) is 9.69 Å². The quantitative estimate of drug-likeness (QED) is 0.510. The molecular formula is C28H33N3O4. The maximum Gasteiger partial charge on any atom is 0.338 e. The molecule has 2 aromatic carbocycles. The standard InChI is InChI=1S/C28H33N3O4/c1-3-17-31-25(19-11-6-5-7-12-19)23(27(33)35-4-2)24(30-28(31)34)21-15-10-16-22(18-21)29-26(32)20-13-8-9-14-20/h5-7,10-12,15-16,18,20,24H,3-4,8-9,13-14,17H2,1-2H3,(H,29,32)(H,30,34). The molecule has 0 radical (unpaired) electrons. The number of hydrogen-bond donors (Lipinski definition) is 2. The lowest BCUT2D eigenvalue weighted by Crippen LogP contribution is -2.48. The first-order valence-corrected chi connectivity index (χ1v) is 12.5. The summed E-state index contributed by atoms with van der Waals surface area (Å²) in [7, 11) is 0. The summed E-state index contributed by atoms with van der Waals surface area (Å²) in [6.45, 7) is 4.43. The first-order chi connectivity index (χ1) is 17.0. The fourth-order valence-electron chi connectivity index (χ4n) is 4.90. The minimum Gasteiger partial charge on any atom is -0.463 e. The fraction of sp³-hybridized carbons (Fsp3) is 0.393. The molecule has 1 aliphatic carbocycles. The molecule has 1 heterocycles. The minimum atomic E-state index is -0.715. The molecule has 4 rings (SSSR count). The summed E-state index contributed by atoms with van der Waals surface area (Å²) < 4.78 is 5.46. The number of carbonyl (C=O) groups excluding carboxylic acids is 3. The fourth-order valence-corrected chi connectivity index (χ4v) is 4.90. The molecule has 2 N–H and O–H groups in total. The number of ether oxygens (including phenoxy) is 1. The van der Waals surface area contributed by atoms with E-state index in [1.54, 1.807) is 11.8 Å². The zero-order chi connectivity index (χ0) is 24.8. The highest BCUT2D eigenvalue weighted by Crippen LogP contribution is 2.37. The Bertz CT molecular complexity index is 1110. The number of benzene rings is 2. The van der Waals surface area contributed by atoms with Crippen LogP contribution in [-0.2, 0) is 14.3 Å². The number of nitrogens with one attached hydrogen (secondary N) is 2. The molecule has 1 saturated carbocycles. The molecule has 1 atom stereocenters. The molecule has 2 aliphatic rings. The van der Waals surface area contributed by atoms with Gasteiger partial charge in [0.05, 0.1) is 23.9 Å². The summed E-state index contributed by atoms with van der Waals surface area (Å²) in [4.78, 5) is 40.9. The number of nitrogens with zero attached hydrogens (tertiary/aromatic N) is 1. The summed E-state index contributed by atoms with van der Waals surface area (Å²) in [6, 6.07) is 15.8. The Morgan fingerprint density at radius 2 is 1.80 bits per heavy atom. The number of anilines is 1. The Kier molecular flexibility index (Phi) is 7.85. The van der Waals surface area contributed by atoms with E-state index in [2.05, 4.69) is 10.6 Å². The number of rotatable bonds is 8. The molecule has 7 nitrogen and oxygen atoms in total. The Hall–Kier alpha value is -3.61. The van der Waals surface area contributed by atoms with Gasteiger partial charge in [-0.2, -0.15) is 0 Å². The van der Waals surface area contributed by atoms with Crippen molar-refractivity contribution >= 4 is 29.3 Å². The lowest BCUT2D eigenvalue weighted by Gasteiger charge is -2.37. The van der Waals surface area contributed by atoms with Gasteiger partial charge in [0, 0.05) is 18.2 Å². The molecule has 184 valence electrons. The molecule has 0 saturated heterocycles. The van der Waals surface area contributed by atoms with Gasteiger partial charge in [0.25, 0.3) is 0 Å². The number of hydrogen-bond acceptors (Lipinski definition) is 4. The molecular weight excluding hydrogens is 442 g/mol. The topological polar surface area (TPSA) is 87.7 Å². The zero-order valence-corrected chi connectivity index (χ0v) is 20.4. The maximum atomic E-state index is 13.3. The summed E-state index contributed by atoms with van der Waals surface area (Å²) in [5, 5.41) is 6.03. The van der Waals surface area contributed by atoms with E-state index in [1.807, 2.05) is 61.5 Å². The van der Waals surface area contributed by atoms with Gasteiger partial charge in [0.2, 0.25) is 5.91 Å². The van der Waals surface area contributed by atoms with Gasteiger partial charge in [-0.15, -0.1) is 0 Å². The predicted molar refractivity (Wildman–Crippen MR) is 135 cm³/mol. The first-order valence-electron chi connectivity index (χ1n) is 12.5. The van der Waals surface area contributed by atoms with E-state index in [4.69, 9.17) is 4.74 Å². The second kappa shape index (κ2) is 11.2. The van der Waals surface area contributed by atoms with Crippen LogP contribution in [0.25, 0.3) is 5.70 Å². The molecule has 2 aromatic rings. The SMILES string of the molecule is CCCN1C(=O)NC(c2cccc(NC(=O)C3CCCC3)c2)C(C(=O)OCC)=C1c1ccccc1. The second-order valence-corrected chi connectivity index (χ2v) is 8.98. The van der Waals surface area contributed by atoms with Crippen molar-refractivity contribution in [3.05, 3.63) is 71.3 Å². The van der Waals surface area contributed by atoms with E-state index in [-0.39, 0.29) is 24.5 Å². The predicted octanol–water partition coefficient (Wildman–Crippen LogP) is 5.27. The molecule has 1 aliphatic heterocycles. The van der Waals surface area contributed by atoms with Crippen LogP contribution in [-0.4, -0.2) is 36.0 Å². The number of amides is 3. The molecule has 0 bridgehead atoms. The molecule has 0 spiro atoms. The van der Waals surface area contributed by atoms with E-state index < -0.39 is 12.0 Å². The highest BCUT2D eigenvalue weighted by molar-refractivity contribution is 6.04. The van der Waals surface area contributed by atoms with E-state index in [0.717, 1.165) is 37.7 Å². The van der Waals surface area contributed by atoms with E-state index in [9.17, 15) is 14.4 Å². The Morgan fingerprint density at radius 1 is 1.06 bits per heavy atom. The molecule has 7 heteroatoms. The summed E-state index contributed by atoms with van der Waals surface area (Å²) in [5.41, 5.74) is 3.06. The number of carbonyl (C=O) groups is 3. The van der Waals surface area contributed by atoms with Crippen molar-refractivity contribution in [2.24, 2.45) is 5.92 Å². The number of urea groups is 1. The van der Waals surface area contributed by atoms with Crippen LogP contribution in [0.5, 0.6) is 0 Å². The van der Waals surface area contributed by atoms with Gasteiger partial charge in [0.1, 0.15) is 0 Å². The van der Waals surface area contributed by atoms with E-state index in [1.165, 1.54) is 0 Å². The largest absolute Gasteiger partial charge is 0.463 e. The third-order valence-electron chi connectivity index (χ3n) is 6.53.